The third kappa shape index (κ3) is 1.51. The second kappa shape index (κ2) is 2.91. The molecule has 0 aromatic carbocycles. The summed E-state index contributed by atoms with van der Waals surface area (Å²) in [6.45, 7) is 1.36. The van der Waals surface area contributed by atoms with Gasteiger partial charge in [0, 0.05) is 11.8 Å². The Morgan fingerprint density at radius 2 is 2.06 bits per heavy atom. The van der Waals surface area contributed by atoms with Gasteiger partial charge in [0.05, 0.1) is 5.56 Å². The Kier molecular flexibility index (Phi) is 1.96. The van der Waals surface area contributed by atoms with Crippen molar-refractivity contribution in [3.05, 3.63) is 17.3 Å². The van der Waals surface area contributed by atoms with Gasteiger partial charge in [-0.2, -0.15) is 13.2 Å². The molecule has 0 saturated carbocycles. The summed E-state index contributed by atoms with van der Waals surface area (Å²) in [4.78, 5) is 6.19. The molecule has 0 aliphatic carbocycles. The van der Waals surface area contributed by atoms with Crippen LogP contribution in [0.25, 0.3) is 0 Å². The zero-order valence-electron chi connectivity index (χ0n) is 8.31. The highest BCUT2D eigenvalue weighted by Crippen LogP contribution is 2.41. The molecule has 5 nitrogen and oxygen atoms in total. The van der Waals surface area contributed by atoms with Crippen LogP contribution in [0.15, 0.2) is 11.2 Å². The quantitative estimate of drug-likeness (QED) is 0.536. The van der Waals surface area contributed by atoms with E-state index in [0.717, 1.165) is 6.20 Å². The van der Waals surface area contributed by atoms with Crippen LogP contribution in [-0.2, 0) is 11.8 Å². The van der Waals surface area contributed by atoms with Gasteiger partial charge in [-0.15, -0.1) is 0 Å². The molecule has 16 heavy (non-hydrogen) atoms. The number of aliphatic imine (C=N–C) groups is 1. The number of anilines is 1. The molecule has 0 saturated heterocycles. The Morgan fingerprint density at radius 3 is 2.62 bits per heavy atom. The molecule has 0 spiro atoms. The maximum Gasteiger partial charge on any atom is 0.418 e. The van der Waals surface area contributed by atoms with Gasteiger partial charge in [0.15, 0.2) is 5.96 Å². The van der Waals surface area contributed by atoms with E-state index in [1.807, 2.05) is 0 Å². The molecule has 2 heterocycles. The molecular weight excluding hydrogens is 223 g/mol. The lowest BCUT2D eigenvalue weighted by atomic mass is 9.99. The Morgan fingerprint density at radius 1 is 1.44 bits per heavy atom. The van der Waals surface area contributed by atoms with Gasteiger partial charge in [0.1, 0.15) is 11.5 Å². The minimum absolute atomic E-state index is 0.0203. The van der Waals surface area contributed by atoms with Gasteiger partial charge in [0.2, 0.25) is 0 Å². The van der Waals surface area contributed by atoms with Crippen molar-refractivity contribution < 1.29 is 13.2 Å². The predicted octanol–water partition coefficient (Wildman–Crippen LogP) is 0.905. The van der Waals surface area contributed by atoms with E-state index in [9.17, 15) is 13.2 Å². The van der Waals surface area contributed by atoms with E-state index in [0.29, 0.717) is 0 Å². The maximum atomic E-state index is 12.7. The smallest absolute Gasteiger partial charge is 0.370 e. The Hall–Kier alpha value is -1.70. The van der Waals surface area contributed by atoms with Gasteiger partial charge in [-0.05, 0) is 6.92 Å². The second-order valence-electron chi connectivity index (χ2n) is 3.72. The van der Waals surface area contributed by atoms with Crippen LogP contribution < -0.4 is 16.8 Å². The van der Waals surface area contributed by atoms with Crippen molar-refractivity contribution >= 4 is 11.8 Å². The van der Waals surface area contributed by atoms with Gasteiger partial charge in [-0.25, -0.2) is 4.99 Å². The molecule has 1 unspecified atom stereocenters. The maximum absolute atomic E-state index is 12.7. The summed E-state index contributed by atoms with van der Waals surface area (Å²) in [7, 11) is 0. The molecule has 0 amide bonds. The number of halogens is 3. The first-order valence-corrected chi connectivity index (χ1v) is 4.42. The van der Waals surface area contributed by atoms with Crippen molar-refractivity contribution in [3.63, 3.8) is 0 Å². The van der Waals surface area contributed by atoms with E-state index in [-0.39, 0.29) is 17.3 Å². The van der Waals surface area contributed by atoms with Crippen LogP contribution in [0, 0.1) is 0 Å². The van der Waals surface area contributed by atoms with E-state index < -0.39 is 17.4 Å². The fourth-order valence-electron chi connectivity index (χ4n) is 1.73. The first-order valence-electron chi connectivity index (χ1n) is 4.42. The van der Waals surface area contributed by atoms with E-state index in [2.05, 4.69) is 15.3 Å². The molecular formula is C8H10F3N5. The van der Waals surface area contributed by atoms with Crippen molar-refractivity contribution in [1.82, 2.24) is 4.98 Å². The molecule has 6 N–H and O–H groups in total. The van der Waals surface area contributed by atoms with Crippen LogP contribution in [-0.4, -0.2) is 10.9 Å². The van der Waals surface area contributed by atoms with E-state index in [1.54, 1.807) is 0 Å². The summed E-state index contributed by atoms with van der Waals surface area (Å²) in [5.41, 5.74) is 8.64. The Labute approximate surface area is 88.7 Å². The molecule has 1 aliphatic rings. The van der Waals surface area contributed by atoms with Crippen molar-refractivity contribution in [1.29, 1.82) is 0 Å². The summed E-state index contributed by atoms with van der Waals surface area (Å²) >= 11 is 0. The summed E-state index contributed by atoms with van der Waals surface area (Å²) in [6, 6.07) is 0. The van der Waals surface area contributed by atoms with E-state index >= 15 is 0 Å². The van der Waals surface area contributed by atoms with Crippen LogP contribution in [0.5, 0.6) is 0 Å². The van der Waals surface area contributed by atoms with Gasteiger partial charge in [-0.3, -0.25) is 0 Å². The largest absolute Gasteiger partial charge is 0.418 e. The molecule has 0 bridgehead atoms. The molecule has 1 aliphatic heterocycles. The van der Waals surface area contributed by atoms with Gasteiger partial charge in [0.25, 0.3) is 0 Å². The lowest BCUT2D eigenvalue weighted by Crippen LogP contribution is -2.41. The Bertz CT molecular complexity index is 457. The fourth-order valence-corrected chi connectivity index (χ4v) is 1.73. The number of nitrogens with two attached hydrogens (primary N) is 2. The molecule has 1 aromatic rings. The van der Waals surface area contributed by atoms with Crippen LogP contribution >= 0.6 is 0 Å². The number of hydrogen-bond acceptors (Lipinski definition) is 4. The van der Waals surface area contributed by atoms with Crippen molar-refractivity contribution in [3.8, 4) is 0 Å². The summed E-state index contributed by atoms with van der Waals surface area (Å²) in [6.07, 6.45) is -3.63. The normalized spacial score (nSPS) is 24.7. The average Bonchev–Trinajstić information content (AvgIpc) is 2.44. The summed E-state index contributed by atoms with van der Waals surface area (Å²) in [5, 5.41) is 2.50. The second-order valence-corrected chi connectivity index (χ2v) is 3.72. The van der Waals surface area contributed by atoms with Gasteiger partial charge in [-0.1, -0.05) is 0 Å². The number of H-pyrrole nitrogens is 1. The molecule has 1 aromatic heterocycles. The van der Waals surface area contributed by atoms with Crippen LogP contribution in [0.2, 0.25) is 0 Å². The average molecular weight is 233 g/mol. The zero-order valence-corrected chi connectivity index (χ0v) is 8.31. The zero-order chi connectivity index (χ0) is 12.1. The minimum atomic E-state index is -4.48. The number of nitrogens with zero attached hydrogens (tertiary/aromatic N) is 1. The first kappa shape index (κ1) is 10.8. The van der Waals surface area contributed by atoms with Crippen molar-refractivity contribution in [2.45, 2.75) is 18.8 Å². The predicted molar refractivity (Wildman–Crippen MR) is 52.6 cm³/mol. The summed E-state index contributed by atoms with van der Waals surface area (Å²) in [5.74, 6) is 0.109. The standard InChI is InChI=1S/C8H10F3N5/c1-7(13)4-3(8(9,10)11)2-14-5(4)15-6(12)16-7/h2,14H,13H2,1H3,(H3,12,15,16). The number of rotatable bonds is 0. The fraction of sp³-hybridized carbons (Fsp3) is 0.375. The number of hydrogen-bond donors (Lipinski definition) is 4. The summed E-state index contributed by atoms with van der Waals surface area (Å²) < 4.78 is 38.0. The number of aromatic amines is 1. The first-order chi connectivity index (χ1) is 7.22. The van der Waals surface area contributed by atoms with Crippen LogP contribution in [0.3, 0.4) is 0 Å². The highest BCUT2D eigenvalue weighted by Gasteiger charge is 2.42. The minimum Gasteiger partial charge on any atom is -0.370 e. The monoisotopic (exact) mass is 233 g/mol. The molecule has 0 fully saturated rings. The number of fused-ring (bicyclic) bond motifs is 1. The Balaban J connectivity index is 2.61. The number of alkyl halides is 3. The lowest BCUT2D eigenvalue weighted by Gasteiger charge is -2.28. The molecule has 1 atom stereocenters. The van der Waals surface area contributed by atoms with Crippen molar-refractivity contribution in [2.24, 2.45) is 16.5 Å². The SMILES string of the molecule is CC1(N)N=C(N)Nc2[nH]cc(C(F)(F)F)c21. The molecule has 0 radical (unpaired) electrons. The van der Waals surface area contributed by atoms with Crippen LogP contribution in [0.1, 0.15) is 18.1 Å². The van der Waals surface area contributed by atoms with E-state index in [4.69, 9.17) is 11.5 Å². The van der Waals surface area contributed by atoms with E-state index in [1.165, 1.54) is 6.92 Å². The van der Waals surface area contributed by atoms with Crippen molar-refractivity contribution in [2.75, 3.05) is 5.32 Å². The van der Waals surface area contributed by atoms with Gasteiger partial charge < -0.3 is 21.8 Å². The molecule has 8 heteroatoms. The third-order valence-corrected chi connectivity index (χ3v) is 2.30. The highest BCUT2D eigenvalue weighted by atomic mass is 19.4. The number of nitrogens with one attached hydrogen (secondary N) is 2. The topological polar surface area (TPSA) is 92.2 Å². The van der Waals surface area contributed by atoms with Gasteiger partial charge >= 0.3 is 6.18 Å². The molecule has 88 valence electrons. The number of guanidine groups is 1. The lowest BCUT2D eigenvalue weighted by molar-refractivity contribution is -0.138. The highest BCUT2D eigenvalue weighted by molar-refractivity contribution is 5.94. The number of aromatic nitrogens is 1. The van der Waals surface area contributed by atoms with Crippen LogP contribution in [0.4, 0.5) is 19.0 Å². The molecule has 2 rings (SSSR count). The third-order valence-electron chi connectivity index (χ3n) is 2.30.